The second kappa shape index (κ2) is 6.17. The maximum atomic E-state index is 5.63. The fourth-order valence-corrected chi connectivity index (χ4v) is 2.75. The van der Waals surface area contributed by atoms with Crippen LogP contribution in [0.2, 0.25) is 0 Å². The predicted molar refractivity (Wildman–Crippen MR) is 88.5 cm³/mol. The number of benzene rings is 2. The minimum Gasteiger partial charge on any atom is -0.389 e. The van der Waals surface area contributed by atoms with E-state index >= 15 is 0 Å². The number of hydrogen-bond acceptors (Lipinski definition) is 2. The van der Waals surface area contributed by atoms with Crippen LogP contribution in [0.15, 0.2) is 46.9 Å². The molecule has 19 heavy (non-hydrogen) atoms. The van der Waals surface area contributed by atoms with Gasteiger partial charge in [0, 0.05) is 22.3 Å². The summed E-state index contributed by atoms with van der Waals surface area (Å²) in [6.07, 6.45) is 0. The molecule has 0 spiro atoms. The van der Waals surface area contributed by atoms with Gasteiger partial charge in [-0.05, 0) is 46.6 Å². The standard InChI is InChI=1S/C15H15BrN2S/c1-10-3-2-4-11(7-10)9-18-12-5-6-13(15(17)19)14(16)8-12/h2-8,18H,9H2,1H3,(H2,17,19). The van der Waals surface area contributed by atoms with Crippen molar-refractivity contribution >= 4 is 38.8 Å². The van der Waals surface area contributed by atoms with Crippen LogP contribution in [0.4, 0.5) is 5.69 Å². The molecule has 2 aromatic rings. The lowest BCUT2D eigenvalue weighted by Crippen LogP contribution is -2.10. The molecule has 0 radical (unpaired) electrons. The molecule has 0 aromatic heterocycles. The van der Waals surface area contributed by atoms with Gasteiger partial charge in [-0.1, -0.05) is 42.0 Å². The zero-order chi connectivity index (χ0) is 13.8. The highest BCUT2D eigenvalue weighted by Crippen LogP contribution is 2.22. The molecular weight excluding hydrogens is 320 g/mol. The summed E-state index contributed by atoms with van der Waals surface area (Å²) >= 11 is 8.45. The Kier molecular flexibility index (Phi) is 4.56. The molecule has 0 saturated heterocycles. The van der Waals surface area contributed by atoms with Crippen molar-refractivity contribution in [3.63, 3.8) is 0 Å². The Morgan fingerprint density at radius 3 is 2.68 bits per heavy atom. The van der Waals surface area contributed by atoms with Crippen LogP contribution in [0.1, 0.15) is 16.7 Å². The van der Waals surface area contributed by atoms with Gasteiger partial charge in [0.1, 0.15) is 4.99 Å². The second-order valence-corrected chi connectivity index (χ2v) is 5.70. The number of nitrogens with one attached hydrogen (secondary N) is 1. The third-order valence-corrected chi connectivity index (χ3v) is 3.69. The monoisotopic (exact) mass is 334 g/mol. The van der Waals surface area contributed by atoms with E-state index in [1.807, 2.05) is 18.2 Å². The Balaban J connectivity index is 2.08. The van der Waals surface area contributed by atoms with Crippen molar-refractivity contribution in [2.75, 3.05) is 5.32 Å². The molecule has 0 aliphatic carbocycles. The van der Waals surface area contributed by atoms with Gasteiger partial charge in [0.2, 0.25) is 0 Å². The van der Waals surface area contributed by atoms with E-state index in [9.17, 15) is 0 Å². The summed E-state index contributed by atoms with van der Waals surface area (Å²) in [4.78, 5) is 0.400. The van der Waals surface area contributed by atoms with Gasteiger partial charge in [0.25, 0.3) is 0 Å². The highest BCUT2D eigenvalue weighted by molar-refractivity contribution is 9.10. The lowest BCUT2D eigenvalue weighted by molar-refractivity contribution is 1.14. The van der Waals surface area contributed by atoms with Gasteiger partial charge in [-0.25, -0.2) is 0 Å². The molecule has 0 atom stereocenters. The summed E-state index contributed by atoms with van der Waals surface area (Å²) in [5, 5.41) is 3.38. The summed E-state index contributed by atoms with van der Waals surface area (Å²) in [7, 11) is 0. The fourth-order valence-electron chi connectivity index (χ4n) is 1.85. The number of hydrogen-bond donors (Lipinski definition) is 2. The molecular formula is C15H15BrN2S. The van der Waals surface area contributed by atoms with Crippen LogP contribution in [0.25, 0.3) is 0 Å². The van der Waals surface area contributed by atoms with E-state index in [0.717, 1.165) is 22.3 Å². The summed E-state index contributed by atoms with van der Waals surface area (Å²) in [6.45, 7) is 2.89. The van der Waals surface area contributed by atoms with Crippen LogP contribution in [0.5, 0.6) is 0 Å². The first-order chi connectivity index (χ1) is 9.06. The maximum absolute atomic E-state index is 5.63. The predicted octanol–water partition coefficient (Wildman–Crippen LogP) is 4.00. The molecule has 0 heterocycles. The van der Waals surface area contributed by atoms with Gasteiger partial charge in [0.15, 0.2) is 0 Å². The average molecular weight is 335 g/mol. The van der Waals surface area contributed by atoms with Gasteiger partial charge in [0.05, 0.1) is 0 Å². The van der Waals surface area contributed by atoms with Crippen LogP contribution in [-0.2, 0) is 6.54 Å². The van der Waals surface area contributed by atoms with Gasteiger partial charge < -0.3 is 11.1 Å². The van der Waals surface area contributed by atoms with Crippen LogP contribution in [-0.4, -0.2) is 4.99 Å². The smallest absolute Gasteiger partial charge is 0.105 e. The first-order valence-corrected chi connectivity index (χ1v) is 7.15. The highest BCUT2D eigenvalue weighted by Gasteiger charge is 2.03. The van der Waals surface area contributed by atoms with E-state index in [0.29, 0.717) is 4.99 Å². The van der Waals surface area contributed by atoms with E-state index in [4.69, 9.17) is 18.0 Å². The molecule has 2 nitrogen and oxygen atoms in total. The minimum absolute atomic E-state index is 0.400. The molecule has 0 bridgehead atoms. The van der Waals surface area contributed by atoms with Crippen molar-refractivity contribution in [2.45, 2.75) is 13.5 Å². The normalized spacial score (nSPS) is 10.2. The Bertz CT molecular complexity index is 611. The van der Waals surface area contributed by atoms with Crippen molar-refractivity contribution in [3.8, 4) is 0 Å². The fraction of sp³-hybridized carbons (Fsp3) is 0.133. The molecule has 98 valence electrons. The quantitative estimate of drug-likeness (QED) is 0.830. The highest BCUT2D eigenvalue weighted by atomic mass is 79.9. The molecule has 2 aromatic carbocycles. The molecule has 0 aliphatic heterocycles. The van der Waals surface area contributed by atoms with Gasteiger partial charge in [-0.3, -0.25) is 0 Å². The lowest BCUT2D eigenvalue weighted by Gasteiger charge is -2.09. The number of rotatable bonds is 4. The number of anilines is 1. The molecule has 0 fully saturated rings. The largest absolute Gasteiger partial charge is 0.389 e. The van der Waals surface area contributed by atoms with Crippen LogP contribution >= 0.6 is 28.1 Å². The van der Waals surface area contributed by atoms with E-state index in [1.54, 1.807) is 0 Å². The Hall–Kier alpha value is -1.39. The first kappa shape index (κ1) is 14.0. The molecule has 0 unspecified atom stereocenters. The summed E-state index contributed by atoms with van der Waals surface area (Å²) in [6, 6.07) is 14.3. The Morgan fingerprint density at radius 1 is 1.26 bits per heavy atom. The van der Waals surface area contributed by atoms with Crippen molar-refractivity contribution in [2.24, 2.45) is 5.73 Å². The third kappa shape index (κ3) is 3.78. The molecule has 4 heteroatoms. The average Bonchev–Trinajstić information content (AvgIpc) is 2.36. The van der Waals surface area contributed by atoms with Crippen molar-refractivity contribution in [1.82, 2.24) is 0 Å². The van der Waals surface area contributed by atoms with Crippen LogP contribution < -0.4 is 11.1 Å². The zero-order valence-electron chi connectivity index (χ0n) is 10.6. The van der Waals surface area contributed by atoms with Gasteiger partial charge >= 0.3 is 0 Å². The third-order valence-electron chi connectivity index (χ3n) is 2.81. The van der Waals surface area contributed by atoms with Crippen LogP contribution in [0, 0.1) is 6.92 Å². The first-order valence-electron chi connectivity index (χ1n) is 5.95. The van der Waals surface area contributed by atoms with E-state index < -0.39 is 0 Å². The zero-order valence-corrected chi connectivity index (χ0v) is 13.0. The van der Waals surface area contributed by atoms with E-state index in [2.05, 4.69) is 52.4 Å². The molecule has 3 N–H and O–H groups in total. The molecule has 0 amide bonds. The topological polar surface area (TPSA) is 38.0 Å². The molecule has 0 saturated carbocycles. The summed E-state index contributed by atoms with van der Waals surface area (Å²) in [5.74, 6) is 0. The number of halogens is 1. The number of nitrogens with two attached hydrogens (primary N) is 1. The maximum Gasteiger partial charge on any atom is 0.105 e. The minimum atomic E-state index is 0.400. The van der Waals surface area contributed by atoms with Crippen molar-refractivity contribution in [3.05, 3.63) is 63.6 Å². The number of aryl methyl sites for hydroxylation is 1. The van der Waals surface area contributed by atoms with E-state index in [-0.39, 0.29) is 0 Å². The van der Waals surface area contributed by atoms with Gasteiger partial charge in [-0.15, -0.1) is 0 Å². The van der Waals surface area contributed by atoms with Crippen LogP contribution in [0.3, 0.4) is 0 Å². The molecule has 2 rings (SSSR count). The van der Waals surface area contributed by atoms with E-state index in [1.165, 1.54) is 11.1 Å². The van der Waals surface area contributed by atoms with Crippen molar-refractivity contribution < 1.29 is 0 Å². The SMILES string of the molecule is Cc1cccc(CNc2ccc(C(N)=S)c(Br)c2)c1. The Labute approximate surface area is 127 Å². The van der Waals surface area contributed by atoms with Crippen molar-refractivity contribution in [1.29, 1.82) is 0 Å². The van der Waals surface area contributed by atoms with Gasteiger partial charge in [-0.2, -0.15) is 0 Å². The second-order valence-electron chi connectivity index (χ2n) is 4.40. The Morgan fingerprint density at radius 2 is 2.05 bits per heavy atom. The lowest BCUT2D eigenvalue weighted by atomic mass is 10.1. The summed E-state index contributed by atoms with van der Waals surface area (Å²) < 4.78 is 0.911. The number of thiocarbonyl (C=S) groups is 1. The summed E-state index contributed by atoms with van der Waals surface area (Å²) in [5.41, 5.74) is 10.0. The molecule has 0 aliphatic rings.